The number of rotatable bonds is 2. The smallest absolute Gasteiger partial charge is 0.346 e. The summed E-state index contributed by atoms with van der Waals surface area (Å²) in [5, 5.41) is 10.6. The summed E-state index contributed by atoms with van der Waals surface area (Å²) in [6.45, 7) is 0. The Morgan fingerprint density at radius 3 is 2.71 bits per heavy atom. The van der Waals surface area contributed by atoms with Gasteiger partial charge in [0.05, 0.1) is 0 Å². The summed E-state index contributed by atoms with van der Waals surface area (Å²) in [4.78, 5) is 19.1. The normalized spacial score (nSPS) is 10.0. The van der Waals surface area contributed by atoms with Gasteiger partial charge in [-0.1, -0.05) is 0 Å². The van der Waals surface area contributed by atoms with Gasteiger partial charge >= 0.3 is 5.97 Å². The van der Waals surface area contributed by atoms with Gasteiger partial charge < -0.3 is 5.11 Å². The van der Waals surface area contributed by atoms with Crippen LogP contribution in [0.3, 0.4) is 0 Å². The molecule has 0 saturated carbocycles. The van der Waals surface area contributed by atoms with Gasteiger partial charge in [-0.15, -0.1) is 11.3 Å². The monoisotopic (exact) mass is 206 g/mol. The van der Waals surface area contributed by atoms with E-state index in [-0.39, 0.29) is 4.88 Å². The third kappa shape index (κ3) is 1.49. The predicted octanol–water partition coefficient (Wildman–Crippen LogP) is 1.90. The Morgan fingerprint density at radius 2 is 2.07 bits per heavy atom. The molecule has 0 aliphatic rings. The topological polar surface area (TPSA) is 63.1 Å². The van der Waals surface area contributed by atoms with E-state index in [9.17, 15) is 4.79 Å². The maximum atomic E-state index is 10.8. The summed E-state index contributed by atoms with van der Waals surface area (Å²) >= 11 is 1.17. The van der Waals surface area contributed by atoms with Crippen molar-refractivity contribution < 1.29 is 9.90 Å². The second kappa shape index (κ2) is 3.55. The number of nitrogens with zero attached hydrogens (tertiary/aromatic N) is 2. The van der Waals surface area contributed by atoms with E-state index in [0.717, 1.165) is 0 Å². The molecule has 70 valence electrons. The maximum Gasteiger partial charge on any atom is 0.346 e. The van der Waals surface area contributed by atoms with E-state index in [1.807, 2.05) is 0 Å². The number of aromatic nitrogens is 2. The van der Waals surface area contributed by atoms with Crippen molar-refractivity contribution in [1.82, 2.24) is 9.97 Å². The van der Waals surface area contributed by atoms with Crippen molar-refractivity contribution in [3.8, 4) is 11.4 Å². The molecule has 2 aromatic rings. The Kier molecular flexibility index (Phi) is 2.24. The molecule has 0 unspecified atom stereocenters. The number of thiophene rings is 1. The van der Waals surface area contributed by atoms with Crippen LogP contribution in [0.2, 0.25) is 0 Å². The average molecular weight is 206 g/mol. The Morgan fingerprint density at radius 1 is 1.36 bits per heavy atom. The molecule has 0 radical (unpaired) electrons. The zero-order chi connectivity index (χ0) is 9.97. The number of carboxylic acid groups (broad SMARTS) is 1. The van der Waals surface area contributed by atoms with E-state index in [4.69, 9.17) is 5.11 Å². The number of carboxylic acids is 1. The third-order valence-corrected chi connectivity index (χ3v) is 2.57. The quantitative estimate of drug-likeness (QED) is 0.815. The molecule has 1 N–H and O–H groups in total. The van der Waals surface area contributed by atoms with Gasteiger partial charge in [-0.2, -0.15) is 0 Å². The fraction of sp³-hybridized carbons (Fsp3) is 0. The van der Waals surface area contributed by atoms with Crippen LogP contribution in [0.1, 0.15) is 9.67 Å². The van der Waals surface area contributed by atoms with Crippen molar-refractivity contribution in [1.29, 1.82) is 0 Å². The molecule has 0 spiro atoms. The van der Waals surface area contributed by atoms with Crippen LogP contribution in [-0.4, -0.2) is 21.0 Å². The Hall–Kier alpha value is -1.75. The van der Waals surface area contributed by atoms with Crippen molar-refractivity contribution in [2.75, 3.05) is 0 Å². The highest BCUT2D eigenvalue weighted by atomic mass is 32.1. The lowest BCUT2D eigenvalue weighted by molar-refractivity contribution is 0.0703. The zero-order valence-electron chi connectivity index (χ0n) is 7.04. The van der Waals surface area contributed by atoms with Crippen molar-refractivity contribution in [2.45, 2.75) is 0 Å². The standard InChI is InChI=1S/C9H6N2O2S/c12-9(13)7-6(2-5-14-7)8-10-3-1-4-11-8/h1-5H,(H,12,13). The van der Waals surface area contributed by atoms with E-state index in [2.05, 4.69) is 9.97 Å². The Labute approximate surface area is 83.9 Å². The van der Waals surface area contributed by atoms with Crippen LogP contribution >= 0.6 is 11.3 Å². The molecule has 0 aliphatic carbocycles. The maximum absolute atomic E-state index is 10.8. The molecule has 0 aliphatic heterocycles. The summed E-state index contributed by atoms with van der Waals surface area (Å²) in [6, 6.07) is 3.40. The van der Waals surface area contributed by atoms with Gasteiger partial charge in [-0.05, 0) is 17.5 Å². The summed E-state index contributed by atoms with van der Waals surface area (Å²) in [6.07, 6.45) is 3.18. The number of aromatic carboxylic acids is 1. The molecule has 0 atom stereocenters. The molecule has 5 heteroatoms. The second-order valence-corrected chi connectivity index (χ2v) is 3.46. The first-order chi connectivity index (χ1) is 6.79. The van der Waals surface area contributed by atoms with Gasteiger partial charge in [0.15, 0.2) is 5.82 Å². The van der Waals surface area contributed by atoms with Gasteiger partial charge in [0.2, 0.25) is 0 Å². The zero-order valence-corrected chi connectivity index (χ0v) is 7.86. The summed E-state index contributed by atoms with van der Waals surface area (Å²) in [5.74, 6) is -0.492. The molecular formula is C9H6N2O2S. The fourth-order valence-corrected chi connectivity index (χ4v) is 1.82. The van der Waals surface area contributed by atoms with E-state index >= 15 is 0 Å². The van der Waals surface area contributed by atoms with Gasteiger partial charge in [-0.25, -0.2) is 14.8 Å². The lowest BCUT2D eigenvalue weighted by Crippen LogP contribution is -1.96. The molecule has 2 rings (SSSR count). The van der Waals surface area contributed by atoms with E-state index in [1.165, 1.54) is 11.3 Å². The van der Waals surface area contributed by atoms with Gasteiger partial charge in [-0.3, -0.25) is 0 Å². The number of hydrogen-bond acceptors (Lipinski definition) is 4. The molecule has 0 fully saturated rings. The molecule has 0 aromatic carbocycles. The van der Waals surface area contributed by atoms with Crippen molar-refractivity contribution in [2.24, 2.45) is 0 Å². The molecule has 0 bridgehead atoms. The average Bonchev–Trinajstić information content (AvgIpc) is 2.67. The van der Waals surface area contributed by atoms with Crippen LogP contribution in [0.5, 0.6) is 0 Å². The van der Waals surface area contributed by atoms with Crippen LogP contribution in [0, 0.1) is 0 Å². The van der Waals surface area contributed by atoms with Gasteiger partial charge in [0, 0.05) is 18.0 Å². The minimum Gasteiger partial charge on any atom is -0.477 e. The first-order valence-corrected chi connectivity index (χ1v) is 4.75. The highest BCUT2D eigenvalue weighted by molar-refractivity contribution is 7.12. The van der Waals surface area contributed by atoms with Gasteiger partial charge in [0.25, 0.3) is 0 Å². The van der Waals surface area contributed by atoms with E-state index < -0.39 is 5.97 Å². The SMILES string of the molecule is O=C(O)c1sccc1-c1ncccn1. The molecular weight excluding hydrogens is 200 g/mol. The van der Waals surface area contributed by atoms with Crippen LogP contribution in [0.25, 0.3) is 11.4 Å². The molecule has 4 nitrogen and oxygen atoms in total. The largest absolute Gasteiger partial charge is 0.477 e. The lowest BCUT2D eigenvalue weighted by atomic mass is 10.2. The number of carbonyl (C=O) groups is 1. The van der Waals surface area contributed by atoms with Crippen LogP contribution in [-0.2, 0) is 0 Å². The van der Waals surface area contributed by atoms with Crippen LogP contribution < -0.4 is 0 Å². The molecule has 0 saturated heterocycles. The summed E-state index contributed by atoms with van der Waals surface area (Å²) in [7, 11) is 0. The van der Waals surface area contributed by atoms with Crippen LogP contribution in [0.4, 0.5) is 0 Å². The predicted molar refractivity (Wildman–Crippen MR) is 52.3 cm³/mol. The van der Waals surface area contributed by atoms with Crippen molar-refractivity contribution in [3.05, 3.63) is 34.8 Å². The molecule has 2 aromatic heterocycles. The third-order valence-electron chi connectivity index (χ3n) is 1.67. The summed E-state index contributed by atoms with van der Waals surface area (Å²) < 4.78 is 0. The Bertz CT molecular complexity index is 453. The van der Waals surface area contributed by atoms with Crippen molar-refractivity contribution >= 4 is 17.3 Å². The lowest BCUT2D eigenvalue weighted by Gasteiger charge is -1.96. The highest BCUT2D eigenvalue weighted by Crippen LogP contribution is 2.24. The summed E-state index contributed by atoms with van der Waals surface area (Å²) in [5.41, 5.74) is 0.572. The minimum atomic E-state index is -0.942. The molecule has 2 heterocycles. The van der Waals surface area contributed by atoms with Gasteiger partial charge in [0.1, 0.15) is 4.88 Å². The molecule has 0 amide bonds. The minimum absolute atomic E-state index is 0.274. The molecule has 14 heavy (non-hydrogen) atoms. The first-order valence-electron chi connectivity index (χ1n) is 3.87. The van der Waals surface area contributed by atoms with E-state index in [1.54, 1.807) is 29.9 Å². The second-order valence-electron chi connectivity index (χ2n) is 2.54. The Balaban J connectivity index is 2.52. The van der Waals surface area contributed by atoms with Crippen molar-refractivity contribution in [3.63, 3.8) is 0 Å². The van der Waals surface area contributed by atoms with Crippen LogP contribution in [0.15, 0.2) is 29.9 Å². The number of hydrogen-bond donors (Lipinski definition) is 1. The highest BCUT2D eigenvalue weighted by Gasteiger charge is 2.14. The first kappa shape index (κ1) is 8.83. The fourth-order valence-electron chi connectivity index (χ4n) is 1.09. The van der Waals surface area contributed by atoms with E-state index in [0.29, 0.717) is 11.4 Å².